The first-order valence-electron chi connectivity index (χ1n) is 6.75. The van der Waals surface area contributed by atoms with Crippen molar-refractivity contribution in [3.63, 3.8) is 0 Å². The lowest BCUT2D eigenvalue weighted by Crippen LogP contribution is -2.46. The van der Waals surface area contributed by atoms with E-state index >= 15 is 0 Å². The fourth-order valence-electron chi connectivity index (χ4n) is 2.67. The fraction of sp³-hybridized carbons (Fsp3) is 0.429. The highest BCUT2D eigenvalue weighted by molar-refractivity contribution is 9.10. The number of imidazole rings is 1. The molecule has 7 heteroatoms. The van der Waals surface area contributed by atoms with Crippen LogP contribution in [0.15, 0.2) is 35.3 Å². The topological polar surface area (TPSA) is 46.0 Å². The number of hydrogen-bond acceptors (Lipinski definition) is 4. The van der Waals surface area contributed by atoms with Gasteiger partial charge in [0.25, 0.3) is 0 Å². The SMILES string of the molecule is Cl.Cn1ccnc1C1CNCCN1Cc1cncc(Br)c1. The molecule has 3 heterocycles. The number of aryl methyl sites for hydroxylation is 1. The number of nitrogens with zero attached hydrogens (tertiary/aromatic N) is 4. The van der Waals surface area contributed by atoms with Gasteiger partial charge in [0.2, 0.25) is 0 Å². The Kier molecular flexibility index (Phi) is 5.75. The summed E-state index contributed by atoms with van der Waals surface area (Å²) in [7, 11) is 2.05. The van der Waals surface area contributed by atoms with Crippen molar-refractivity contribution in [3.05, 3.63) is 46.7 Å². The van der Waals surface area contributed by atoms with Gasteiger partial charge in [-0.3, -0.25) is 9.88 Å². The first-order chi connectivity index (χ1) is 9.74. The molecule has 0 aromatic carbocycles. The highest BCUT2D eigenvalue weighted by Gasteiger charge is 2.26. The number of pyridine rings is 1. The number of nitrogens with one attached hydrogen (secondary N) is 1. The highest BCUT2D eigenvalue weighted by Crippen LogP contribution is 2.23. The van der Waals surface area contributed by atoms with Gasteiger partial charge in [-0.05, 0) is 27.6 Å². The summed E-state index contributed by atoms with van der Waals surface area (Å²) in [4.78, 5) is 11.2. The van der Waals surface area contributed by atoms with Gasteiger partial charge >= 0.3 is 0 Å². The molecule has 0 aliphatic carbocycles. The van der Waals surface area contributed by atoms with E-state index in [4.69, 9.17) is 0 Å². The van der Waals surface area contributed by atoms with Gasteiger partial charge in [0.05, 0.1) is 6.04 Å². The number of piperazine rings is 1. The Morgan fingerprint density at radius 2 is 2.29 bits per heavy atom. The smallest absolute Gasteiger partial charge is 0.127 e. The molecule has 21 heavy (non-hydrogen) atoms. The molecule has 2 aromatic heterocycles. The van der Waals surface area contributed by atoms with Gasteiger partial charge < -0.3 is 9.88 Å². The normalized spacial score (nSPS) is 19.2. The van der Waals surface area contributed by atoms with Crippen LogP contribution in [0, 0.1) is 0 Å². The van der Waals surface area contributed by atoms with Crippen LogP contribution in [-0.4, -0.2) is 39.1 Å². The molecule has 1 fully saturated rings. The third kappa shape index (κ3) is 3.83. The minimum Gasteiger partial charge on any atom is -0.337 e. The minimum absolute atomic E-state index is 0. The molecule has 1 N–H and O–H groups in total. The molecule has 1 saturated heterocycles. The second-order valence-electron chi connectivity index (χ2n) is 5.10. The molecular formula is C14H19BrClN5. The molecule has 114 valence electrons. The third-order valence-electron chi connectivity index (χ3n) is 3.66. The Morgan fingerprint density at radius 1 is 1.43 bits per heavy atom. The van der Waals surface area contributed by atoms with Gasteiger partial charge in [-0.25, -0.2) is 4.98 Å². The largest absolute Gasteiger partial charge is 0.337 e. The molecule has 0 radical (unpaired) electrons. The van der Waals surface area contributed by atoms with Gasteiger partial charge in [-0.2, -0.15) is 0 Å². The van der Waals surface area contributed by atoms with Gasteiger partial charge in [0.15, 0.2) is 0 Å². The average molecular weight is 373 g/mol. The lowest BCUT2D eigenvalue weighted by atomic mass is 10.1. The molecule has 1 aliphatic rings. The molecule has 1 atom stereocenters. The molecule has 2 aromatic rings. The van der Waals surface area contributed by atoms with Crippen LogP contribution in [0.3, 0.4) is 0 Å². The minimum atomic E-state index is 0. The molecule has 1 unspecified atom stereocenters. The van der Waals surface area contributed by atoms with Crippen molar-refractivity contribution in [2.24, 2.45) is 7.05 Å². The van der Waals surface area contributed by atoms with E-state index in [0.717, 1.165) is 36.5 Å². The number of aromatic nitrogens is 3. The van der Waals surface area contributed by atoms with Crippen molar-refractivity contribution in [2.45, 2.75) is 12.6 Å². The maximum absolute atomic E-state index is 4.51. The van der Waals surface area contributed by atoms with Crippen molar-refractivity contribution >= 4 is 28.3 Å². The van der Waals surface area contributed by atoms with E-state index in [9.17, 15) is 0 Å². The summed E-state index contributed by atoms with van der Waals surface area (Å²) < 4.78 is 3.13. The maximum atomic E-state index is 4.51. The molecule has 3 rings (SSSR count). The summed E-state index contributed by atoms with van der Waals surface area (Å²) in [6.07, 6.45) is 7.62. The van der Waals surface area contributed by atoms with Crippen molar-refractivity contribution in [2.75, 3.05) is 19.6 Å². The second-order valence-corrected chi connectivity index (χ2v) is 6.01. The zero-order valence-corrected chi connectivity index (χ0v) is 14.3. The standard InChI is InChI=1S/C14H18BrN5.ClH/c1-19-4-3-18-14(19)13-9-16-2-5-20(13)10-11-6-12(15)8-17-7-11;/h3-4,6-8,13,16H,2,5,9-10H2,1H3;1H. The van der Waals surface area contributed by atoms with Crippen molar-refractivity contribution in [1.82, 2.24) is 24.8 Å². The Morgan fingerprint density at radius 3 is 3.00 bits per heavy atom. The lowest BCUT2D eigenvalue weighted by molar-refractivity contribution is 0.144. The molecule has 1 aliphatic heterocycles. The molecular weight excluding hydrogens is 354 g/mol. The molecule has 5 nitrogen and oxygen atoms in total. The van der Waals surface area contributed by atoms with Crippen LogP contribution in [-0.2, 0) is 13.6 Å². The Bertz CT molecular complexity index is 588. The van der Waals surface area contributed by atoms with Gasteiger partial charge in [0.1, 0.15) is 5.82 Å². The first-order valence-corrected chi connectivity index (χ1v) is 7.55. The van der Waals surface area contributed by atoms with E-state index in [0.29, 0.717) is 6.04 Å². The van der Waals surface area contributed by atoms with Gasteiger partial charge in [-0.15, -0.1) is 12.4 Å². The van der Waals surface area contributed by atoms with E-state index in [1.165, 1.54) is 5.56 Å². The highest BCUT2D eigenvalue weighted by atomic mass is 79.9. The number of hydrogen-bond donors (Lipinski definition) is 1. The zero-order chi connectivity index (χ0) is 13.9. The van der Waals surface area contributed by atoms with E-state index in [1.54, 1.807) is 0 Å². The predicted molar refractivity (Wildman–Crippen MR) is 88.4 cm³/mol. The van der Waals surface area contributed by atoms with Crippen molar-refractivity contribution in [3.8, 4) is 0 Å². The summed E-state index contributed by atoms with van der Waals surface area (Å²) in [5.74, 6) is 1.11. The summed E-state index contributed by atoms with van der Waals surface area (Å²) >= 11 is 3.48. The zero-order valence-electron chi connectivity index (χ0n) is 11.9. The van der Waals surface area contributed by atoms with Gasteiger partial charge in [-0.1, -0.05) is 0 Å². The maximum Gasteiger partial charge on any atom is 0.127 e. The second kappa shape index (κ2) is 7.35. The Labute approximate surface area is 139 Å². The average Bonchev–Trinajstić information content (AvgIpc) is 2.86. The van der Waals surface area contributed by atoms with E-state index in [2.05, 4.69) is 53.8 Å². The van der Waals surface area contributed by atoms with Crippen LogP contribution in [0.5, 0.6) is 0 Å². The fourth-order valence-corrected chi connectivity index (χ4v) is 3.08. The summed E-state index contributed by atoms with van der Waals surface area (Å²) in [6, 6.07) is 2.44. The van der Waals surface area contributed by atoms with Crippen molar-refractivity contribution in [1.29, 1.82) is 0 Å². The predicted octanol–water partition coefficient (Wildman–Crippen LogP) is 2.15. The molecule has 0 bridgehead atoms. The summed E-state index contributed by atoms with van der Waals surface area (Å²) in [5.41, 5.74) is 1.22. The Balaban J connectivity index is 0.00000161. The summed E-state index contributed by atoms with van der Waals surface area (Å²) in [6.45, 7) is 3.87. The number of halogens is 2. The van der Waals surface area contributed by atoms with Crippen LogP contribution in [0.2, 0.25) is 0 Å². The molecule has 0 spiro atoms. The molecule has 0 amide bonds. The van der Waals surface area contributed by atoms with Crippen LogP contribution in [0.4, 0.5) is 0 Å². The van der Waals surface area contributed by atoms with Crippen LogP contribution in [0.25, 0.3) is 0 Å². The first kappa shape index (κ1) is 16.4. The van der Waals surface area contributed by atoms with Crippen LogP contribution >= 0.6 is 28.3 Å². The monoisotopic (exact) mass is 371 g/mol. The van der Waals surface area contributed by atoms with Crippen LogP contribution in [0.1, 0.15) is 17.4 Å². The lowest BCUT2D eigenvalue weighted by Gasteiger charge is -2.35. The van der Waals surface area contributed by atoms with E-state index in [-0.39, 0.29) is 12.4 Å². The van der Waals surface area contributed by atoms with Crippen molar-refractivity contribution < 1.29 is 0 Å². The quantitative estimate of drug-likeness (QED) is 0.897. The van der Waals surface area contributed by atoms with E-state index in [1.807, 2.05) is 24.8 Å². The van der Waals surface area contributed by atoms with Gasteiger partial charge in [0, 0.05) is 62.5 Å². The molecule has 0 saturated carbocycles. The Hall–Kier alpha value is -0.950. The third-order valence-corrected chi connectivity index (χ3v) is 4.09. The van der Waals surface area contributed by atoms with Crippen LogP contribution < -0.4 is 5.32 Å². The summed E-state index contributed by atoms with van der Waals surface area (Å²) in [5, 5.41) is 3.46. The van der Waals surface area contributed by atoms with E-state index < -0.39 is 0 Å². The number of rotatable bonds is 3.